The molecule has 0 spiro atoms. The van der Waals surface area contributed by atoms with Crippen molar-refractivity contribution in [3.8, 4) is 0 Å². The van der Waals surface area contributed by atoms with E-state index in [1.54, 1.807) is 13.8 Å². The molecule has 15 heavy (non-hydrogen) atoms. The van der Waals surface area contributed by atoms with Gasteiger partial charge in [0.2, 0.25) is 5.88 Å². The Morgan fingerprint density at radius 2 is 1.80 bits per heavy atom. The molecule has 2 N–H and O–H groups in total. The summed E-state index contributed by atoms with van der Waals surface area (Å²) >= 11 is 0. The van der Waals surface area contributed by atoms with E-state index in [4.69, 9.17) is 4.74 Å². The smallest absolute Gasteiger partial charge is 0.336 e. The maximum atomic E-state index is 11.0. The van der Waals surface area contributed by atoms with Crippen LogP contribution in [0.3, 0.4) is 0 Å². The molecule has 0 aliphatic rings. The maximum absolute atomic E-state index is 11.0. The topological polar surface area (TPSA) is 76.7 Å². The number of nitrogens with one attached hydrogen (secondary N) is 2. The van der Waals surface area contributed by atoms with Crippen molar-refractivity contribution in [2.75, 3.05) is 20.3 Å². The number of amides is 2. The monoisotopic (exact) mass is 216 g/mol. The van der Waals surface area contributed by atoms with E-state index < -0.39 is 12.0 Å². The van der Waals surface area contributed by atoms with Crippen LogP contribution in [0.2, 0.25) is 0 Å². The van der Waals surface area contributed by atoms with Crippen molar-refractivity contribution in [1.82, 2.24) is 10.6 Å². The normalized spacial score (nSPS) is 10.5. The predicted molar refractivity (Wildman–Crippen MR) is 53.9 cm³/mol. The molecule has 2 amide bonds. The number of urea groups is 1. The fraction of sp³-hybridized carbons (Fsp3) is 0.556. The molecule has 0 saturated heterocycles. The van der Waals surface area contributed by atoms with Crippen molar-refractivity contribution in [1.29, 1.82) is 0 Å². The fourth-order valence-corrected chi connectivity index (χ4v) is 0.735. The van der Waals surface area contributed by atoms with Crippen molar-refractivity contribution >= 4 is 12.0 Å². The Bertz CT molecular complexity index is 250. The number of hydrogen-bond donors (Lipinski definition) is 2. The quantitative estimate of drug-likeness (QED) is 0.395. The zero-order valence-electron chi connectivity index (χ0n) is 9.12. The lowest BCUT2D eigenvalue weighted by Gasteiger charge is -2.09. The van der Waals surface area contributed by atoms with Gasteiger partial charge in [-0.25, -0.2) is 9.59 Å². The van der Waals surface area contributed by atoms with Gasteiger partial charge in [-0.2, -0.15) is 0 Å². The van der Waals surface area contributed by atoms with Gasteiger partial charge in [-0.05, 0) is 13.8 Å². The van der Waals surface area contributed by atoms with Crippen LogP contribution in [0.15, 0.2) is 12.0 Å². The predicted octanol–water partition coefficient (Wildman–Crippen LogP) is 0.356. The molecule has 0 atom stereocenters. The van der Waals surface area contributed by atoms with Crippen LogP contribution in [0, 0.1) is 0 Å². The third-order valence-electron chi connectivity index (χ3n) is 1.30. The van der Waals surface area contributed by atoms with E-state index in [-0.39, 0.29) is 12.5 Å². The lowest BCUT2D eigenvalue weighted by atomic mass is 10.5. The minimum atomic E-state index is -0.558. The molecule has 0 aromatic rings. The highest BCUT2D eigenvalue weighted by Gasteiger charge is 2.06. The van der Waals surface area contributed by atoms with E-state index in [1.807, 2.05) is 0 Å². The molecule has 0 rings (SSSR count). The van der Waals surface area contributed by atoms with Gasteiger partial charge in [0.25, 0.3) is 0 Å². The Morgan fingerprint density at radius 1 is 1.20 bits per heavy atom. The molecule has 86 valence electrons. The minimum Gasteiger partial charge on any atom is -0.479 e. The summed E-state index contributed by atoms with van der Waals surface area (Å²) in [6.07, 6.45) is 1.09. The fourth-order valence-electron chi connectivity index (χ4n) is 0.735. The molecular weight excluding hydrogens is 200 g/mol. The van der Waals surface area contributed by atoms with E-state index in [1.165, 1.54) is 7.05 Å². The van der Waals surface area contributed by atoms with Gasteiger partial charge in [0.15, 0.2) is 0 Å². The van der Waals surface area contributed by atoms with Crippen molar-refractivity contribution in [2.45, 2.75) is 13.8 Å². The molecule has 0 radical (unpaired) electrons. The highest BCUT2D eigenvalue weighted by atomic mass is 16.5. The van der Waals surface area contributed by atoms with Crippen molar-refractivity contribution in [3.63, 3.8) is 0 Å². The lowest BCUT2D eigenvalue weighted by Crippen LogP contribution is -2.33. The molecule has 0 aliphatic heterocycles. The molecule has 0 heterocycles. The first kappa shape index (κ1) is 13.3. The van der Waals surface area contributed by atoms with E-state index in [2.05, 4.69) is 15.4 Å². The molecule has 6 heteroatoms. The Hall–Kier alpha value is -1.72. The van der Waals surface area contributed by atoms with E-state index in [0.717, 1.165) is 6.08 Å². The van der Waals surface area contributed by atoms with Gasteiger partial charge in [0, 0.05) is 7.05 Å². The Balaban J connectivity index is 4.35. The van der Waals surface area contributed by atoms with E-state index >= 15 is 0 Å². The van der Waals surface area contributed by atoms with Gasteiger partial charge in [0.1, 0.15) is 0 Å². The second-order valence-electron chi connectivity index (χ2n) is 2.40. The Labute approximate surface area is 88.6 Å². The zero-order chi connectivity index (χ0) is 11.7. The summed E-state index contributed by atoms with van der Waals surface area (Å²) in [5.41, 5.74) is 0. The number of rotatable bonds is 5. The van der Waals surface area contributed by atoms with Crippen molar-refractivity contribution in [2.24, 2.45) is 0 Å². The summed E-state index contributed by atoms with van der Waals surface area (Å²) in [5.74, 6) is -0.493. The van der Waals surface area contributed by atoms with Gasteiger partial charge in [-0.15, -0.1) is 0 Å². The van der Waals surface area contributed by atoms with Gasteiger partial charge in [-0.3, -0.25) is 5.32 Å². The first-order valence-electron chi connectivity index (χ1n) is 4.64. The Morgan fingerprint density at radius 3 is 2.27 bits per heavy atom. The minimum absolute atomic E-state index is 0.0651. The summed E-state index contributed by atoms with van der Waals surface area (Å²) in [5, 5.41) is 4.68. The van der Waals surface area contributed by atoms with Crippen LogP contribution >= 0.6 is 0 Å². The van der Waals surface area contributed by atoms with E-state index in [9.17, 15) is 9.59 Å². The van der Waals surface area contributed by atoms with Crippen LogP contribution < -0.4 is 10.6 Å². The Kier molecular flexibility index (Phi) is 6.78. The number of carbonyl (C=O) groups is 2. The van der Waals surface area contributed by atoms with Crippen LogP contribution in [0.4, 0.5) is 4.79 Å². The average molecular weight is 216 g/mol. The standard InChI is InChI=1S/C9H16N2O4/c1-4-14-7(11-9(13)10-3)6-8(12)15-5-2/h6H,4-5H2,1-3H3,(H2,10,11,13)/b7-6+. The molecule has 0 bridgehead atoms. The summed E-state index contributed by atoms with van der Waals surface area (Å²) < 4.78 is 9.69. The van der Waals surface area contributed by atoms with Crippen LogP contribution in [0.1, 0.15) is 13.8 Å². The summed E-state index contributed by atoms with van der Waals surface area (Å²) in [6.45, 7) is 4.05. The second kappa shape index (κ2) is 7.66. The SMILES string of the molecule is CCOC(=O)/C=C(\NC(=O)NC)OCC. The average Bonchev–Trinajstić information content (AvgIpc) is 2.18. The maximum Gasteiger partial charge on any atom is 0.336 e. The van der Waals surface area contributed by atoms with E-state index in [0.29, 0.717) is 6.61 Å². The number of hydrogen-bond acceptors (Lipinski definition) is 4. The van der Waals surface area contributed by atoms with Crippen LogP contribution in [0.5, 0.6) is 0 Å². The molecular formula is C9H16N2O4. The van der Waals surface area contributed by atoms with Gasteiger partial charge < -0.3 is 14.8 Å². The van der Waals surface area contributed by atoms with Crippen molar-refractivity contribution < 1.29 is 19.1 Å². The van der Waals surface area contributed by atoms with Gasteiger partial charge in [0.05, 0.1) is 19.3 Å². The second-order valence-corrected chi connectivity index (χ2v) is 2.40. The molecule has 0 saturated carbocycles. The highest BCUT2D eigenvalue weighted by Crippen LogP contribution is 1.94. The highest BCUT2D eigenvalue weighted by molar-refractivity contribution is 5.84. The molecule has 0 unspecified atom stereocenters. The number of ether oxygens (including phenoxy) is 2. The summed E-state index contributed by atoms with van der Waals surface area (Å²) in [6, 6.07) is -0.459. The third-order valence-corrected chi connectivity index (χ3v) is 1.30. The third kappa shape index (κ3) is 6.36. The van der Waals surface area contributed by atoms with Crippen LogP contribution in [-0.4, -0.2) is 32.3 Å². The van der Waals surface area contributed by atoms with Crippen LogP contribution in [-0.2, 0) is 14.3 Å². The molecule has 0 aromatic heterocycles. The van der Waals surface area contributed by atoms with Gasteiger partial charge in [-0.1, -0.05) is 0 Å². The molecule has 0 fully saturated rings. The lowest BCUT2D eigenvalue weighted by molar-refractivity contribution is -0.137. The first-order valence-corrected chi connectivity index (χ1v) is 4.64. The number of esters is 1. The number of carbonyl (C=O) groups excluding carboxylic acids is 2. The molecule has 6 nitrogen and oxygen atoms in total. The van der Waals surface area contributed by atoms with Crippen LogP contribution in [0.25, 0.3) is 0 Å². The summed E-state index contributed by atoms with van der Waals surface area (Å²) in [4.78, 5) is 22.0. The zero-order valence-corrected chi connectivity index (χ0v) is 9.12. The molecule has 0 aliphatic carbocycles. The summed E-state index contributed by atoms with van der Waals surface area (Å²) in [7, 11) is 1.46. The van der Waals surface area contributed by atoms with Gasteiger partial charge >= 0.3 is 12.0 Å². The largest absolute Gasteiger partial charge is 0.479 e. The first-order chi connectivity index (χ1) is 7.13. The molecule has 0 aromatic carbocycles. The van der Waals surface area contributed by atoms with Crippen molar-refractivity contribution in [3.05, 3.63) is 12.0 Å².